The Morgan fingerprint density at radius 2 is 2.12 bits per heavy atom. The standard InChI is InChI=1S/C8H14/c1-4-5-8-6(2)7(8)3/h7-8H,2,4-5H2,1,3H3. The van der Waals surface area contributed by atoms with Crippen LogP contribution in [0.15, 0.2) is 12.2 Å². The zero-order valence-electron chi connectivity index (χ0n) is 5.78. The van der Waals surface area contributed by atoms with Crippen molar-refractivity contribution in [1.29, 1.82) is 0 Å². The number of rotatable bonds is 2. The molecule has 0 spiro atoms. The molecule has 0 radical (unpaired) electrons. The summed E-state index contributed by atoms with van der Waals surface area (Å²) in [6, 6.07) is 0. The van der Waals surface area contributed by atoms with E-state index in [1.54, 1.807) is 0 Å². The van der Waals surface area contributed by atoms with Crippen LogP contribution < -0.4 is 0 Å². The van der Waals surface area contributed by atoms with Gasteiger partial charge in [-0.15, -0.1) is 0 Å². The van der Waals surface area contributed by atoms with Crippen molar-refractivity contribution in [2.24, 2.45) is 11.8 Å². The van der Waals surface area contributed by atoms with Gasteiger partial charge in [0, 0.05) is 0 Å². The zero-order chi connectivity index (χ0) is 6.15. The van der Waals surface area contributed by atoms with Crippen molar-refractivity contribution in [2.45, 2.75) is 26.7 Å². The molecule has 0 aromatic rings. The van der Waals surface area contributed by atoms with Crippen LogP contribution in [0.2, 0.25) is 0 Å². The summed E-state index contributed by atoms with van der Waals surface area (Å²) in [5.74, 6) is 1.73. The van der Waals surface area contributed by atoms with Gasteiger partial charge in [-0.2, -0.15) is 0 Å². The zero-order valence-corrected chi connectivity index (χ0v) is 5.78. The van der Waals surface area contributed by atoms with E-state index in [-0.39, 0.29) is 0 Å². The van der Waals surface area contributed by atoms with Crippen molar-refractivity contribution in [3.8, 4) is 0 Å². The van der Waals surface area contributed by atoms with E-state index in [1.807, 2.05) is 0 Å². The summed E-state index contributed by atoms with van der Waals surface area (Å²) in [4.78, 5) is 0. The van der Waals surface area contributed by atoms with Crippen LogP contribution in [0.4, 0.5) is 0 Å². The van der Waals surface area contributed by atoms with E-state index in [4.69, 9.17) is 0 Å². The maximum absolute atomic E-state index is 3.95. The van der Waals surface area contributed by atoms with E-state index in [9.17, 15) is 0 Å². The van der Waals surface area contributed by atoms with Gasteiger partial charge in [-0.05, 0) is 18.3 Å². The van der Waals surface area contributed by atoms with Crippen molar-refractivity contribution in [1.82, 2.24) is 0 Å². The van der Waals surface area contributed by atoms with E-state index >= 15 is 0 Å². The average molecular weight is 110 g/mol. The maximum atomic E-state index is 3.95. The second kappa shape index (κ2) is 1.93. The smallest absolute Gasteiger partial charge is 0.0140 e. The molecule has 0 aromatic heterocycles. The third kappa shape index (κ3) is 0.795. The Morgan fingerprint density at radius 1 is 1.62 bits per heavy atom. The van der Waals surface area contributed by atoms with Crippen LogP contribution in [-0.2, 0) is 0 Å². The molecule has 1 fully saturated rings. The Bertz CT molecular complexity index is 103. The topological polar surface area (TPSA) is 0 Å². The number of allylic oxidation sites excluding steroid dienone is 1. The van der Waals surface area contributed by atoms with Gasteiger partial charge >= 0.3 is 0 Å². The Morgan fingerprint density at radius 3 is 2.25 bits per heavy atom. The van der Waals surface area contributed by atoms with E-state index < -0.39 is 0 Å². The molecule has 0 aromatic carbocycles. The molecule has 2 atom stereocenters. The van der Waals surface area contributed by atoms with Crippen LogP contribution >= 0.6 is 0 Å². The minimum absolute atomic E-state index is 0.843. The molecule has 0 nitrogen and oxygen atoms in total. The lowest BCUT2D eigenvalue weighted by Crippen LogP contribution is -1.74. The predicted octanol–water partition coefficient (Wildman–Crippen LogP) is 2.61. The number of hydrogen-bond acceptors (Lipinski definition) is 0. The van der Waals surface area contributed by atoms with Crippen LogP contribution in [-0.4, -0.2) is 0 Å². The summed E-state index contributed by atoms with van der Waals surface area (Å²) in [6.07, 6.45) is 2.67. The molecule has 0 heteroatoms. The summed E-state index contributed by atoms with van der Waals surface area (Å²) in [7, 11) is 0. The first-order chi connectivity index (χ1) is 3.77. The molecular weight excluding hydrogens is 96.1 g/mol. The first kappa shape index (κ1) is 5.87. The van der Waals surface area contributed by atoms with Gasteiger partial charge in [-0.25, -0.2) is 0 Å². The van der Waals surface area contributed by atoms with E-state index in [0.717, 1.165) is 11.8 Å². The molecule has 0 N–H and O–H groups in total. The molecule has 2 unspecified atom stereocenters. The third-order valence-corrected chi connectivity index (χ3v) is 2.16. The van der Waals surface area contributed by atoms with Gasteiger partial charge < -0.3 is 0 Å². The van der Waals surface area contributed by atoms with E-state index in [0.29, 0.717) is 0 Å². The highest BCUT2D eigenvalue weighted by Crippen LogP contribution is 2.46. The summed E-state index contributed by atoms with van der Waals surface area (Å²) in [5.41, 5.74) is 1.48. The Kier molecular flexibility index (Phi) is 1.41. The normalized spacial score (nSPS) is 35.5. The second-order valence-corrected chi connectivity index (χ2v) is 2.76. The monoisotopic (exact) mass is 110 g/mol. The van der Waals surface area contributed by atoms with Crippen molar-refractivity contribution in [2.75, 3.05) is 0 Å². The summed E-state index contributed by atoms with van der Waals surface area (Å²) < 4.78 is 0. The van der Waals surface area contributed by atoms with Gasteiger partial charge in [0.1, 0.15) is 0 Å². The first-order valence-corrected chi connectivity index (χ1v) is 3.46. The van der Waals surface area contributed by atoms with Gasteiger partial charge in [-0.3, -0.25) is 0 Å². The van der Waals surface area contributed by atoms with E-state index in [2.05, 4.69) is 20.4 Å². The van der Waals surface area contributed by atoms with E-state index in [1.165, 1.54) is 18.4 Å². The summed E-state index contributed by atoms with van der Waals surface area (Å²) >= 11 is 0. The van der Waals surface area contributed by atoms with Gasteiger partial charge in [-0.1, -0.05) is 32.4 Å². The van der Waals surface area contributed by atoms with Gasteiger partial charge in [0.15, 0.2) is 0 Å². The minimum Gasteiger partial charge on any atom is -0.0993 e. The van der Waals surface area contributed by atoms with Gasteiger partial charge in [0.05, 0.1) is 0 Å². The fourth-order valence-corrected chi connectivity index (χ4v) is 1.29. The van der Waals surface area contributed by atoms with Crippen molar-refractivity contribution in [3.63, 3.8) is 0 Å². The van der Waals surface area contributed by atoms with Crippen LogP contribution in [0.25, 0.3) is 0 Å². The molecule has 1 saturated carbocycles. The lowest BCUT2D eigenvalue weighted by Gasteiger charge is -1.86. The fraction of sp³-hybridized carbons (Fsp3) is 0.750. The highest BCUT2D eigenvalue weighted by atomic mass is 14.4. The van der Waals surface area contributed by atoms with Crippen molar-refractivity contribution >= 4 is 0 Å². The average Bonchev–Trinajstić information content (AvgIpc) is 2.25. The lowest BCUT2D eigenvalue weighted by molar-refractivity contribution is 0.664. The van der Waals surface area contributed by atoms with Crippen LogP contribution in [0.3, 0.4) is 0 Å². The quantitative estimate of drug-likeness (QED) is 0.479. The predicted molar refractivity (Wildman–Crippen MR) is 36.7 cm³/mol. The molecule has 0 aliphatic heterocycles. The highest BCUT2D eigenvalue weighted by molar-refractivity contribution is 5.23. The molecule has 0 saturated heterocycles. The summed E-state index contributed by atoms with van der Waals surface area (Å²) in [5, 5.41) is 0. The molecule has 46 valence electrons. The second-order valence-electron chi connectivity index (χ2n) is 2.76. The van der Waals surface area contributed by atoms with Crippen molar-refractivity contribution < 1.29 is 0 Å². The maximum Gasteiger partial charge on any atom is -0.0140 e. The molecule has 8 heavy (non-hydrogen) atoms. The van der Waals surface area contributed by atoms with Crippen molar-refractivity contribution in [3.05, 3.63) is 12.2 Å². The SMILES string of the molecule is C=C1C(C)C1CCC. The largest absolute Gasteiger partial charge is 0.0993 e. The van der Waals surface area contributed by atoms with Crippen LogP contribution in [0.5, 0.6) is 0 Å². The fourth-order valence-electron chi connectivity index (χ4n) is 1.29. The lowest BCUT2D eigenvalue weighted by atomic mass is 10.2. The highest BCUT2D eigenvalue weighted by Gasteiger charge is 2.36. The Labute approximate surface area is 51.6 Å². The molecule has 0 amide bonds. The summed E-state index contributed by atoms with van der Waals surface area (Å²) in [6.45, 7) is 8.45. The molecule has 1 aliphatic rings. The molecular formula is C8H14. The Hall–Kier alpha value is -0.260. The first-order valence-electron chi connectivity index (χ1n) is 3.46. The molecule has 0 bridgehead atoms. The number of hydrogen-bond donors (Lipinski definition) is 0. The molecule has 1 rings (SSSR count). The molecule has 1 aliphatic carbocycles. The van der Waals surface area contributed by atoms with Crippen LogP contribution in [0, 0.1) is 11.8 Å². The van der Waals surface area contributed by atoms with Gasteiger partial charge in [0.25, 0.3) is 0 Å². The van der Waals surface area contributed by atoms with Crippen LogP contribution in [0.1, 0.15) is 26.7 Å². The Balaban J connectivity index is 2.23. The minimum atomic E-state index is 0.843. The van der Waals surface area contributed by atoms with Gasteiger partial charge in [0.2, 0.25) is 0 Å². The third-order valence-electron chi connectivity index (χ3n) is 2.16. The molecule has 0 heterocycles.